The summed E-state index contributed by atoms with van der Waals surface area (Å²) in [5.74, 6) is 2.21. The van der Waals surface area contributed by atoms with E-state index in [4.69, 9.17) is 0 Å². The Morgan fingerprint density at radius 3 is 2.53 bits per heavy atom. The standard InChI is InChI=1S/C11H17N3S/c15-6-5-12-11-13-7-10(8-14-11)9-3-1-2-4-9/h7-9,15H,1-6H2,(H,12,13,14). The minimum atomic E-state index is 0.698. The van der Waals surface area contributed by atoms with Gasteiger partial charge >= 0.3 is 0 Å². The fraction of sp³-hybridized carbons (Fsp3) is 0.636. The lowest BCUT2D eigenvalue weighted by Crippen LogP contribution is -2.06. The Balaban J connectivity index is 1.96. The maximum absolute atomic E-state index is 4.30. The van der Waals surface area contributed by atoms with Crippen LogP contribution in [0.2, 0.25) is 0 Å². The van der Waals surface area contributed by atoms with Gasteiger partial charge in [0, 0.05) is 24.7 Å². The molecule has 15 heavy (non-hydrogen) atoms. The van der Waals surface area contributed by atoms with Crippen LogP contribution in [0.1, 0.15) is 37.2 Å². The van der Waals surface area contributed by atoms with E-state index in [1.165, 1.54) is 31.2 Å². The van der Waals surface area contributed by atoms with Gasteiger partial charge in [-0.15, -0.1) is 0 Å². The highest BCUT2D eigenvalue weighted by Gasteiger charge is 2.17. The monoisotopic (exact) mass is 223 g/mol. The van der Waals surface area contributed by atoms with Gasteiger partial charge in [-0.2, -0.15) is 12.6 Å². The summed E-state index contributed by atoms with van der Waals surface area (Å²) in [4.78, 5) is 8.61. The van der Waals surface area contributed by atoms with Gasteiger partial charge in [0.1, 0.15) is 0 Å². The lowest BCUT2D eigenvalue weighted by atomic mass is 10.0. The molecule has 3 nitrogen and oxygen atoms in total. The molecule has 4 heteroatoms. The molecule has 0 aliphatic heterocycles. The third-order valence-electron chi connectivity index (χ3n) is 2.89. The maximum Gasteiger partial charge on any atom is 0.222 e. The van der Waals surface area contributed by atoms with Crippen LogP contribution in [0.4, 0.5) is 5.95 Å². The van der Waals surface area contributed by atoms with E-state index in [0.29, 0.717) is 11.9 Å². The number of aromatic nitrogens is 2. The van der Waals surface area contributed by atoms with Crippen molar-refractivity contribution >= 4 is 18.6 Å². The molecule has 1 saturated carbocycles. The van der Waals surface area contributed by atoms with Crippen LogP contribution < -0.4 is 5.32 Å². The molecule has 0 spiro atoms. The molecule has 1 aliphatic carbocycles. The summed E-state index contributed by atoms with van der Waals surface area (Å²) in [7, 11) is 0. The Hall–Kier alpha value is -0.770. The van der Waals surface area contributed by atoms with Crippen LogP contribution in [0, 0.1) is 0 Å². The van der Waals surface area contributed by atoms with E-state index in [1.807, 2.05) is 12.4 Å². The summed E-state index contributed by atoms with van der Waals surface area (Å²) in [6.07, 6.45) is 9.22. The van der Waals surface area contributed by atoms with E-state index in [-0.39, 0.29) is 0 Å². The molecular weight excluding hydrogens is 206 g/mol. The molecule has 82 valence electrons. The van der Waals surface area contributed by atoms with Gasteiger partial charge in [0.2, 0.25) is 5.95 Å². The molecule has 0 amide bonds. The first-order valence-electron chi connectivity index (χ1n) is 5.57. The van der Waals surface area contributed by atoms with Crippen LogP contribution in [0.3, 0.4) is 0 Å². The summed E-state index contributed by atoms with van der Waals surface area (Å²) in [5.41, 5.74) is 1.30. The Morgan fingerprint density at radius 1 is 1.27 bits per heavy atom. The highest BCUT2D eigenvalue weighted by atomic mass is 32.1. The van der Waals surface area contributed by atoms with Crippen molar-refractivity contribution in [3.8, 4) is 0 Å². The van der Waals surface area contributed by atoms with Gasteiger partial charge in [0.05, 0.1) is 0 Å². The molecule has 0 atom stereocenters. The summed E-state index contributed by atoms with van der Waals surface area (Å²) >= 11 is 4.12. The molecule has 0 saturated heterocycles. The summed E-state index contributed by atoms with van der Waals surface area (Å²) in [6, 6.07) is 0. The molecule has 0 radical (unpaired) electrons. The fourth-order valence-electron chi connectivity index (χ4n) is 2.07. The lowest BCUT2D eigenvalue weighted by molar-refractivity contribution is 0.714. The minimum Gasteiger partial charge on any atom is -0.353 e. The van der Waals surface area contributed by atoms with E-state index in [2.05, 4.69) is 27.9 Å². The van der Waals surface area contributed by atoms with E-state index < -0.39 is 0 Å². The predicted octanol–water partition coefficient (Wildman–Crippen LogP) is 2.48. The average Bonchev–Trinajstić information content (AvgIpc) is 2.80. The quantitative estimate of drug-likeness (QED) is 0.770. The van der Waals surface area contributed by atoms with Crippen molar-refractivity contribution in [2.45, 2.75) is 31.6 Å². The third kappa shape index (κ3) is 2.84. The van der Waals surface area contributed by atoms with E-state index >= 15 is 0 Å². The number of nitrogens with zero attached hydrogens (tertiary/aromatic N) is 2. The van der Waals surface area contributed by atoms with Gasteiger partial charge < -0.3 is 5.32 Å². The first-order chi connectivity index (χ1) is 7.40. The molecule has 1 fully saturated rings. The first-order valence-corrected chi connectivity index (χ1v) is 6.20. The minimum absolute atomic E-state index is 0.698. The Bertz CT molecular complexity index is 293. The second-order valence-corrected chi connectivity index (χ2v) is 4.42. The van der Waals surface area contributed by atoms with Gasteiger partial charge in [-0.25, -0.2) is 9.97 Å². The fourth-order valence-corrected chi connectivity index (χ4v) is 2.18. The number of rotatable bonds is 4. The van der Waals surface area contributed by atoms with Gasteiger partial charge in [0.25, 0.3) is 0 Å². The second-order valence-electron chi connectivity index (χ2n) is 3.97. The van der Waals surface area contributed by atoms with Crippen molar-refractivity contribution in [3.63, 3.8) is 0 Å². The zero-order valence-corrected chi connectivity index (χ0v) is 9.71. The maximum atomic E-state index is 4.30. The molecule has 0 aromatic carbocycles. The van der Waals surface area contributed by atoms with Crippen molar-refractivity contribution < 1.29 is 0 Å². The molecule has 1 aromatic heterocycles. The molecule has 0 bridgehead atoms. The molecule has 1 aliphatic rings. The van der Waals surface area contributed by atoms with Crippen LogP contribution >= 0.6 is 12.6 Å². The normalized spacial score (nSPS) is 16.9. The van der Waals surface area contributed by atoms with Crippen LogP contribution in [0.15, 0.2) is 12.4 Å². The first kappa shape index (κ1) is 10.7. The van der Waals surface area contributed by atoms with Gasteiger partial charge in [-0.3, -0.25) is 0 Å². The Morgan fingerprint density at radius 2 is 1.93 bits per heavy atom. The van der Waals surface area contributed by atoms with Crippen LogP contribution in [0.25, 0.3) is 0 Å². The van der Waals surface area contributed by atoms with Crippen molar-refractivity contribution in [1.29, 1.82) is 0 Å². The van der Waals surface area contributed by atoms with Crippen LogP contribution in [-0.4, -0.2) is 22.3 Å². The smallest absolute Gasteiger partial charge is 0.222 e. The number of nitrogens with one attached hydrogen (secondary N) is 1. The van der Waals surface area contributed by atoms with Crippen LogP contribution in [-0.2, 0) is 0 Å². The van der Waals surface area contributed by atoms with Gasteiger partial charge in [-0.05, 0) is 24.3 Å². The van der Waals surface area contributed by atoms with Crippen molar-refractivity contribution in [2.24, 2.45) is 0 Å². The Labute approximate surface area is 96.1 Å². The van der Waals surface area contributed by atoms with E-state index in [1.54, 1.807) is 0 Å². The third-order valence-corrected chi connectivity index (χ3v) is 3.12. The predicted molar refractivity (Wildman–Crippen MR) is 65.6 cm³/mol. The summed E-state index contributed by atoms with van der Waals surface area (Å²) in [6.45, 7) is 0.811. The number of hydrogen-bond acceptors (Lipinski definition) is 4. The van der Waals surface area contributed by atoms with Crippen molar-refractivity contribution in [3.05, 3.63) is 18.0 Å². The molecule has 0 unspecified atom stereocenters. The molecule has 2 rings (SSSR count). The number of anilines is 1. The second kappa shape index (κ2) is 5.35. The topological polar surface area (TPSA) is 37.8 Å². The summed E-state index contributed by atoms with van der Waals surface area (Å²) < 4.78 is 0. The molecule has 1 aromatic rings. The van der Waals surface area contributed by atoms with Crippen LogP contribution in [0.5, 0.6) is 0 Å². The van der Waals surface area contributed by atoms with E-state index in [0.717, 1.165) is 12.3 Å². The molecule has 1 heterocycles. The van der Waals surface area contributed by atoms with E-state index in [9.17, 15) is 0 Å². The van der Waals surface area contributed by atoms with Crippen molar-refractivity contribution in [1.82, 2.24) is 9.97 Å². The number of hydrogen-bond donors (Lipinski definition) is 2. The average molecular weight is 223 g/mol. The van der Waals surface area contributed by atoms with Gasteiger partial charge in [0.15, 0.2) is 0 Å². The van der Waals surface area contributed by atoms with Crippen molar-refractivity contribution in [2.75, 3.05) is 17.6 Å². The zero-order valence-electron chi connectivity index (χ0n) is 8.82. The van der Waals surface area contributed by atoms with Gasteiger partial charge in [-0.1, -0.05) is 12.8 Å². The number of thiol groups is 1. The Kier molecular flexibility index (Phi) is 3.83. The lowest BCUT2D eigenvalue weighted by Gasteiger charge is -2.09. The highest BCUT2D eigenvalue weighted by molar-refractivity contribution is 7.80. The highest BCUT2D eigenvalue weighted by Crippen LogP contribution is 2.33. The SMILES string of the molecule is SCCNc1ncc(C2CCCC2)cn1. The zero-order chi connectivity index (χ0) is 10.5. The largest absolute Gasteiger partial charge is 0.353 e. The molecule has 1 N–H and O–H groups in total. The molecular formula is C11H17N3S. The summed E-state index contributed by atoms with van der Waals surface area (Å²) in [5, 5.41) is 3.11.